The summed E-state index contributed by atoms with van der Waals surface area (Å²) in [5.74, 6) is 1.92. The van der Waals surface area contributed by atoms with E-state index < -0.39 is 0 Å². The summed E-state index contributed by atoms with van der Waals surface area (Å²) in [4.78, 5) is 21.6. The SMILES string of the molecule is COc1cccc(Cc2nsc(N3CCN(C(=O)CC(C)(C)C)C(C)C3)n2)c1. The molecule has 7 heteroatoms. The minimum absolute atomic E-state index is 0.0161. The van der Waals surface area contributed by atoms with Crippen molar-refractivity contribution in [3.63, 3.8) is 0 Å². The first-order chi connectivity index (χ1) is 13.2. The van der Waals surface area contributed by atoms with Crippen LogP contribution in [0, 0.1) is 5.41 Å². The zero-order valence-corrected chi connectivity index (χ0v) is 18.3. The molecule has 1 aromatic carbocycles. The van der Waals surface area contributed by atoms with Crippen LogP contribution in [0.15, 0.2) is 24.3 Å². The van der Waals surface area contributed by atoms with Gasteiger partial charge in [-0.1, -0.05) is 32.9 Å². The van der Waals surface area contributed by atoms with E-state index in [9.17, 15) is 4.79 Å². The van der Waals surface area contributed by atoms with E-state index in [0.717, 1.165) is 41.9 Å². The van der Waals surface area contributed by atoms with Gasteiger partial charge in [0.15, 0.2) is 0 Å². The molecule has 2 heterocycles. The molecular formula is C21H30N4O2S. The molecule has 0 radical (unpaired) electrons. The predicted octanol–water partition coefficient (Wildman–Crippen LogP) is 3.61. The molecule has 1 aromatic heterocycles. The van der Waals surface area contributed by atoms with E-state index in [4.69, 9.17) is 9.72 Å². The number of carbonyl (C=O) groups is 1. The Morgan fingerprint density at radius 3 is 2.79 bits per heavy atom. The number of piperazine rings is 1. The van der Waals surface area contributed by atoms with Crippen LogP contribution in [0.2, 0.25) is 0 Å². The van der Waals surface area contributed by atoms with Crippen molar-refractivity contribution in [3.05, 3.63) is 35.7 Å². The quantitative estimate of drug-likeness (QED) is 0.765. The number of aromatic nitrogens is 2. The summed E-state index contributed by atoms with van der Waals surface area (Å²) in [6.45, 7) is 10.8. The topological polar surface area (TPSA) is 58.6 Å². The highest BCUT2D eigenvalue weighted by Gasteiger charge is 2.30. The van der Waals surface area contributed by atoms with Gasteiger partial charge in [0, 0.05) is 50.1 Å². The third-order valence-corrected chi connectivity index (χ3v) is 5.67. The van der Waals surface area contributed by atoms with Crippen LogP contribution in [0.3, 0.4) is 0 Å². The number of hydrogen-bond donors (Lipinski definition) is 0. The second-order valence-electron chi connectivity index (χ2n) is 8.64. The first-order valence-corrected chi connectivity index (χ1v) is 10.5. The zero-order valence-electron chi connectivity index (χ0n) is 17.4. The number of anilines is 1. The fourth-order valence-corrected chi connectivity index (χ4v) is 4.19. The monoisotopic (exact) mass is 402 g/mol. The molecule has 0 aliphatic carbocycles. The van der Waals surface area contributed by atoms with E-state index in [-0.39, 0.29) is 17.4 Å². The highest BCUT2D eigenvalue weighted by atomic mass is 32.1. The van der Waals surface area contributed by atoms with E-state index in [1.807, 2.05) is 23.1 Å². The molecule has 1 aliphatic heterocycles. The first-order valence-electron chi connectivity index (χ1n) is 9.75. The van der Waals surface area contributed by atoms with Gasteiger partial charge in [-0.2, -0.15) is 4.37 Å². The predicted molar refractivity (Wildman–Crippen MR) is 113 cm³/mol. The summed E-state index contributed by atoms with van der Waals surface area (Å²) < 4.78 is 9.82. The maximum absolute atomic E-state index is 12.6. The zero-order chi connectivity index (χ0) is 20.3. The number of hydrogen-bond acceptors (Lipinski definition) is 6. The molecule has 0 spiro atoms. The lowest BCUT2D eigenvalue weighted by Gasteiger charge is -2.40. The summed E-state index contributed by atoms with van der Waals surface area (Å²) in [5, 5.41) is 0.938. The van der Waals surface area contributed by atoms with Crippen molar-refractivity contribution in [1.82, 2.24) is 14.3 Å². The third kappa shape index (κ3) is 5.22. The van der Waals surface area contributed by atoms with Gasteiger partial charge in [0.1, 0.15) is 11.6 Å². The molecule has 1 amide bonds. The van der Waals surface area contributed by atoms with Crippen molar-refractivity contribution >= 4 is 22.6 Å². The highest BCUT2D eigenvalue weighted by Crippen LogP contribution is 2.25. The molecule has 6 nitrogen and oxygen atoms in total. The molecule has 0 N–H and O–H groups in total. The molecule has 3 rings (SSSR count). The van der Waals surface area contributed by atoms with Crippen molar-refractivity contribution in [2.75, 3.05) is 31.6 Å². The maximum Gasteiger partial charge on any atom is 0.223 e. The standard InChI is InChI=1S/C21H30N4O2S/c1-15-14-24(9-10-25(15)19(26)13-21(2,3)4)20-22-18(23-28-20)12-16-7-6-8-17(11-16)27-5/h6-8,11,15H,9-10,12-14H2,1-5H3. The molecule has 1 aliphatic rings. The largest absolute Gasteiger partial charge is 0.497 e. The van der Waals surface area contributed by atoms with Crippen molar-refractivity contribution in [3.8, 4) is 5.75 Å². The Bertz CT molecular complexity index is 815. The molecule has 1 unspecified atom stereocenters. The van der Waals surface area contributed by atoms with Gasteiger partial charge in [-0.25, -0.2) is 4.98 Å². The highest BCUT2D eigenvalue weighted by molar-refractivity contribution is 7.09. The summed E-state index contributed by atoms with van der Waals surface area (Å²) in [5.41, 5.74) is 1.15. The third-order valence-electron chi connectivity index (χ3n) is 4.85. The maximum atomic E-state index is 12.6. The lowest BCUT2D eigenvalue weighted by molar-refractivity contribution is -0.135. The molecule has 0 bridgehead atoms. The number of carbonyl (C=O) groups excluding carboxylic acids is 1. The summed E-state index contributed by atoms with van der Waals surface area (Å²) in [6, 6.07) is 8.17. The van der Waals surface area contributed by atoms with Gasteiger partial charge in [0.05, 0.1) is 7.11 Å². The average molecular weight is 403 g/mol. The van der Waals surface area contributed by atoms with Crippen molar-refractivity contribution in [2.45, 2.75) is 46.6 Å². The van der Waals surface area contributed by atoms with Gasteiger partial charge in [0.25, 0.3) is 0 Å². The van der Waals surface area contributed by atoms with E-state index in [2.05, 4.69) is 43.0 Å². The molecular weight excluding hydrogens is 372 g/mol. The minimum Gasteiger partial charge on any atom is -0.497 e. The van der Waals surface area contributed by atoms with Crippen molar-refractivity contribution < 1.29 is 9.53 Å². The van der Waals surface area contributed by atoms with E-state index in [0.29, 0.717) is 12.8 Å². The average Bonchev–Trinajstić information content (AvgIpc) is 3.08. The van der Waals surface area contributed by atoms with Crippen LogP contribution in [0.25, 0.3) is 0 Å². The summed E-state index contributed by atoms with van der Waals surface area (Å²) in [7, 11) is 1.67. The molecule has 1 fully saturated rings. The molecule has 1 atom stereocenters. The number of benzene rings is 1. The van der Waals surface area contributed by atoms with Crippen LogP contribution in [0.5, 0.6) is 5.75 Å². The number of methoxy groups -OCH3 is 1. The lowest BCUT2D eigenvalue weighted by Crippen LogP contribution is -2.54. The Labute approximate surface area is 171 Å². The van der Waals surface area contributed by atoms with Crippen LogP contribution in [-0.2, 0) is 11.2 Å². The number of rotatable bonds is 5. The Hall–Kier alpha value is -2.15. The smallest absolute Gasteiger partial charge is 0.223 e. The second kappa shape index (κ2) is 8.47. The summed E-state index contributed by atoms with van der Waals surface area (Å²) in [6.07, 6.45) is 1.27. The van der Waals surface area contributed by atoms with Crippen LogP contribution < -0.4 is 9.64 Å². The van der Waals surface area contributed by atoms with Crippen LogP contribution in [-0.4, -0.2) is 53.0 Å². The first kappa shape index (κ1) is 20.6. The van der Waals surface area contributed by atoms with Crippen molar-refractivity contribution in [1.29, 1.82) is 0 Å². The van der Waals surface area contributed by atoms with Gasteiger partial charge in [-0.3, -0.25) is 4.79 Å². The van der Waals surface area contributed by atoms with Gasteiger partial charge in [-0.05, 0) is 30.0 Å². The Balaban J connectivity index is 1.61. The van der Waals surface area contributed by atoms with E-state index in [1.54, 1.807) is 7.11 Å². The van der Waals surface area contributed by atoms with Crippen molar-refractivity contribution in [2.24, 2.45) is 5.41 Å². The Kier molecular flexibility index (Phi) is 6.23. The van der Waals surface area contributed by atoms with E-state index >= 15 is 0 Å². The fourth-order valence-electron chi connectivity index (χ4n) is 3.47. The Morgan fingerprint density at radius 1 is 1.32 bits per heavy atom. The number of ether oxygens (including phenoxy) is 1. The molecule has 28 heavy (non-hydrogen) atoms. The fraction of sp³-hybridized carbons (Fsp3) is 0.571. The van der Waals surface area contributed by atoms with Crippen LogP contribution in [0.4, 0.5) is 5.13 Å². The second-order valence-corrected chi connectivity index (χ2v) is 9.37. The number of nitrogens with zero attached hydrogens (tertiary/aromatic N) is 4. The number of amides is 1. The molecule has 152 valence electrons. The molecule has 0 saturated carbocycles. The molecule has 2 aromatic rings. The Morgan fingerprint density at radius 2 is 2.11 bits per heavy atom. The van der Waals surface area contributed by atoms with Crippen LogP contribution in [0.1, 0.15) is 45.5 Å². The van der Waals surface area contributed by atoms with Gasteiger partial charge in [-0.15, -0.1) is 0 Å². The van der Waals surface area contributed by atoms with Gasteiger partial charge < -0.3 is 14.5 Å². The molecule has 1 saturated heterocycles. The summed E-state index contributed by atoms with van der Waals surface area (Å²) >= 11 is 1.44. The van der Waals surface area contributed by atoms with E-state index in [1.165, 1.54) is 11.5 Å². The minimum atomic E-state index is 0.0161. The normalized spacial score (nSPS) is 17.7. The lowest BCUT2D eigenvalue weighted by atomic mass is 9.91. The van der Waals surface area contributed by atoms with Crippen LogP contribution >= 0.6 is 11.5 Å². The van der Waals surface area contributed by atoms with Gasteiger partial charge >= 0.3 is 0 Å². The van der Waals surface area contributed by atoms with Gasteiger partial charge in [0.2, 0.25) is 11.0 Å².